The first-order valence-electron chi connectivity index (χ1n) is 4.08. The van der Waals surface area contributed by atoms with Crippen molar-refractivity contribution in [3.63, 3.8) is 0 Å². The van der Waals surface area contributed by atoms with E-state index in [4.69, 9.17) is 9.98 Å². The summed E-state index contributed by atoms with van der Waals surface area (Å²) in [5.74, 6) is 0. The van der Waals surface area contributed by atoms with E-state index in [9.17, 15) is 8.42 Å². The van der Waals surface area contributed by atoms with Crippen LogP contribution in [0.1, 0.15) is 0 Å². The molecule has 0 spiro atoms. The van der Waals surface area contributed by atoms with Gasteiger partial charge < -0.3 is 4.84 Å². The first kappa shape index (κ1) is 9.97. The van der Waals surface area contributed by atoms with Crippen molar-refractivity contribution >= 4 is 15.7 Å². The number of benzene rings is 1. The van der Waals surface area contributed by atoms with Gasteiger partial charge in [0.25, 0.3) is 0 Å². The lowest BCUT2D eigenvalue weighted by atomic mass is 10.3. The summed E-state index contributed by atoms with van der Waals surface area (Å²) in [6.07, 6.45) is 2.93. The van der Waals surface area contributed by atoms with Crippen molar-refractivity contribution in [2.45, 2.75) is 4.90 Å². The Morgan fingerprint density at radius 3 is 2.67 bits per heavy atom. The van der Waals surface area contributed by atoms with Crippen molar-refractivity contribution in [3.05, 3.63) is 36.7 Å². The van der Waals surface area contributed by atoms with Crippen LogP contribution in [0.5, 0.6) is 0 Å². The second kappa shape index (κ2) is 3.54. The molecule has 6 nitrogen and oxygen atoms in total. The normalized spacial score (nSPS) is 15.4. The Balaban J connectivity index is 2.51. The van der Waals surface area contributed by atoms with Crippen LogP contribution >= 0.6 is 0 Å². The molecular formula is C8H9N3O3S. The van der Waals surface area contributed by atoms with E-state index in [0.717, 1.165) is 0 Å². The summed E-state index contributed by atoms with van der Waals surface area (Å²) in [6.45, 7) is 0. The number of anilines is 1. The fourth-order valence-electron chi connectivity index (χ4n) is 1.24. The van der Waals surface area contributed by atoms with Gasteiger partial charge in [0.15, 0.2) is 0 Å². The van der Waals surface area contributed by atoms with Gasteiger partial charge >= 0.3 is 0 Å². The average Bonchev–Trinajstić information content (AvgIpc) is 2.69. The third-order valence-corrected chi connectivity index (χ3v) is 2.82. The number of hydrogen-bond acceptors (Lipinski definition) is 5. The third kappa shape index (κ3) is 1.94. The van der Waals surface area contributed by atoms with Gasteiger partial charge in [0.1, 0.15) is 11.2 Å². The largest absolute Gasteiger partial charge is 0.395 e. The van der Waals surface area contributed by atoms with Crippen LogP contribution in [0.25, 0.3) is 0 Å². The number of nitrogens with two attached hydrogens (primary N) is 1. The number of hydrogen-bond donors (Lipinski definition) is 2. The molecule has 0 unspecified atom stereocenters. The molecule has 0 atom stereocenters. The molecule has 1 aromatic rings. The van der Waals surface area contributed by atoms with Gasteiger partial charge in [0.2, 0.25) is 10.0 Å². The molecule has 0 aliphatic carbocycles. The Morgan fingerprint density at radius 1 is 1.33 bits per heavy atom. The van der Waals surface area contributed by atoms with Crippen LogP contribution in [-0.4, -0.2) is 8.42 Å². The van der Waals surface area contributed by atoms with Crippen LogP contribution in [0, 0.1) is 0 Å². The van der Waals surface area contributed by atoms with Gasteiger partial charge in [-0.1, -0.05) is 17.7 Å². The second-order valence-corrected chi connectivity index (χ2v) is 4.41. The van der Waals surface area contributed by atoms with Crippen LogP contribution < -0.4 is 15.7 Å². The Hall–Kier alpha value is -1.57. The minimum atomic E-state index is -3.74. The van der Waals surface area contributed by atoms with Crippen molar-refractivity contribution in [2.75, 3.05) is 5.01 Å². The van der Waals surface area contributed by atoms with Crippen LogP contribution in [0.2, 0.25) is 0 Å². The van der Waals surface area contributed by atoms with Gasteiger partial charge in [0.05, 0.1) is 11.9 Å². The first-order chi connectivity index (χ1) is 7.09. The highest BCUT2D eigenvalue weighted by atomic mass is 32.2. The molecular weight excluding hydrogens is 218 g/mol. The van der Waals surface area contributed by atoms with Crippen molar-refractivity contribution < 1.29 is 13.3 Å². The third-order valence-electron chi connectivity index (χ3n) is 1.86. The molecule has 1 aliphatic heterocycles. The lowest BCUT2D eigenvalue weighted by Gasteiger charge is -2.16. The summed E-state index contributed by atoms with van der Waals surface area (Å²) in [7, 11) is -3.74. The second-order valence-electron chi connectivity index (χ2n) is 2.88. The van der Waals surface area contributed by atoms with E-state index in [1.807, 2.05) is 0 Å². The zero-order chi connectivity index (χ0) is 10.9. The molecule has 0 aromatic heterocycles. The molecule has 0 saturated carbocycles. The number of nitrogens with one attached hydrogen (secondary N) is 1. The summed E-state index contributed by atoms with van der Waals surface area (Å²) in [5, 5.41) is 6.49. The highest BCUT2D eigenvalue weighted by Crippen LogP contribution is 2.23. The molecule has 1 heterocycles. The number of para-hydroxylation sites is 1. The first-order valence-corrected chi connectivity index (χ1v) is 5.63. The molecule has 2 rings (SSSR count). The average molecular weight is 227 g/mol. The molecule has 80 valence electrons. The summed E-state index contributed by atoms with van der Waals surface area (Å²) in [4.78, 5) is 4.77. The van der Waals surface area contributed by atoms with E-state index in [-0.39, 0.29) is 4.90 Å². The van der Waals surface area contributed by atoms with Crippen molar-refractivity contribution in [2.24, 2.45) is 5.14 Å². The minimum absolute atomic E-state index is 0.0349. The van der Waals surface area contributed by atoms with Gasteiger partial charge in [-0.25, -0.2) is 18.6 Å². The lowest BCUT2D eigenvalue weighted by Crippen LogP contribution is -2.29. The predicted molar refractivity (Wildman–Crippen MR) is 53.7 cm³/mol. The fourth-order valence-corrected chi connectivity index (χ4v) is 1.96. The lowest BCUT2D eigenvalue weighted by molar-refractivity contribution is 0.158. The van der Waals surface area contributed by atoms with Crippen LogP contribution in [0.15, 0.2) is 41.6 Å². The molecule has 0 fully saturated rings. The molecule has 3 N–H and O–H groups in total. The smallest absolute Gasteiger partial charge is 0.240 e. The van der Waals surface area contributed by atoms with E-state index in [2.05, 4.69) is 5.59 Å². The monoisotopic (exact) mass is 227 g/mol. The van der Waals surface area contributed by atoms with Gasteiger partial charge in [-0.2, -0.15) is 0 Å². The Bertz CT molecular complexity index is 498. The quantitative estimate of drug-likeness (QED) is 0.746. The molecule has 0 saturated heterocycles. The number of rotatable bonds is 2. The zero-order valence-corrected chi connectivity index (χ0v) is 8.44. The van der Waals surface area contributed by atoms with E-state index in [0.29, 0.717) is 5.69 Å². The Labute approximate surface area is 86.9 Å². The van der Waals surface area contributed by atoms with Crippen molar-refractivity contribution in [1.29, 1.82) is 0 Å². The SMILES string of the molecule is NS(=O)(=O)c1ccccc1N1C=CON1. The maximum Gasteiger partial charge on any atom is 0.240 e. The number of sulfonamides is 1. The summed E-state index contributed by atoms with van der Waals surface area (Å²) in [6, 6.07) is 6.35. The van der Waals surface area contributed by atoms with Gasteiger partial charge in [0, 0.05) is 0 Å². The molecule has 15 heavy (non-hydrogen) atoms. The molecule has 1 aliphatic rings. The standard InChI is InChI=1S/C8H9N3O3S/c9-15(12,13)8-4-2-1-3-7(8)11-5-6-14-10-11/h1-6,10H,(H2,9,12,13). The van der Waals surface area contributed by atoms with E-state index in [1.54, 1.807) is 24.4 Å². The summed E-state index contributed by atoms with van der Waals surface area (Å²) >= 11 is 0. The Morgan fingerprint density at radius 2 is 2.07 bits per heavy atom. The van der Waals surface area contributed by atoms with E-state index in [1.165, 1.54) is 17.3 Å². The highest BCUT2D eigenvalue weighted by molar-refractivity contribution is 7.89. The fraction of sp³-hybridized carbons (Fsp3) is 0. The zero-order valence-electron chi connectivity index (χ0n) is 7.62. The van der Waals surface area contributed by atoms with Gasteiger partial charge in [-0.15, -0.1) is 0 Å². The molecule has 7 heteroatoms. The minimum Gasteiger partial charge on any atom is -0.395 e. The van der Waals surface area contributed by atoms with E-state index >= 15 is 0 Å². The van der Waals surface area contributed by atoms with E-state index < -0.39 is 10.0 Å². The predicted octanol–water partition coefficient (Wildman–Crippen LogP) is 0.0614. The summed E-state index contributed by atoms with van der Waals surface area (Å²) < 4.78 is 22.5. The number of primary sulfonamides is 1. The van der Waals surface area contributed by atoms with Gasteiger partial charge in [-0.3, -0.25) is 0 Å². The van der Waals surface area contributed by atoms with Crippen molar-refractivity contribution in [3.8, 4) is 0 Å². The van der Waals surface area contributed by atoms with Crippen LogP contribution in [0.4, 0.5) is 5.69 Å². The number of nitrogens with zero attached hydrogens (tertiary/aromatic N) is 1. The number of hydrazine groups is 1. The van der Waals surface area contributed by atoms with Crippen LogP contribution in [0.3, 0.4) is 0 Å². The molecule has 0 radical (unpaired) electrons. The maximum atomic E-state index is 11.3. The topological polar surface area (TPSA) is 84.7 Å². The Kier molecular flexibility index (Phi) is 2.35. The molecule has 0 bridgehead atoms. The van der Waals surface area contributed by atoms with Crippen LogP contribution in [-0.2, 0) is 14.9 Å². The highest BCUT2D eigenvalue weighted by Gasteiger charge is 2.18. The van der Waals surface area contributed by atoms with Gasteiger partial charge in [-0.05, 0) is 12.1 Å². The molecule has 1 aromatic carbocycles. The maximum absolute atomic E-state index is 11.3. The van der Waals surface area contributed by atoms with Crippen molar-refractivity contribution in [1.82, 2.24) is 5.59 Å². The summed E-state index contributed by atoms with van der Waals surface area (Å²) in [5.41, 5.74) is 2.90. The molecule has 0 amide bonds.